The zero-order valence-corrected chi connectivity index (χ0v) is 14.6. The van der Waals surface area contributed by atoms with Gasteiger partial charge >= 0.3 is 0 Å². The molecule has 0 aromatic heterocycles. The Kier molecular flexibility index (Phi) is 3.71. The first-order valence-corrected chi connectivity index (χ1v) is 9.55. The van der Waals surface area contributed by atoms with Gasteiger partial charge in [0.15, 0.2) is 0 Å². The van der Waals surface area contributed by atoms with Crippen molar-refractivity contribution in [3.63, 3.8) is 0 Å². The molecule has 0 heterocycles. The summed E-state index contributed by atoms with van der Waals surface area (Å²) in [6.07, 6.45) is 9.03. The van der Waals surface area contributed by atoms with E-state index in [9.17, 15) is 9.59 Å². The SMILES string of the molecule is COCC12CCC(=O)C[C@H]1CC[C@@H]1[C@@H]2CC[C@]2(C)C(=O)CC[C@@H]12. The number of hydrogen-bond acceptors (Lipinski definition) is 3. The molecule has 0 saturated heterocycles. The third-order valence-electron chi connectivity index (χ3n) is 8.30. The van der Waals surface area contributed by atoms with E-state index in [1.165, 1.54) is 6.42 Å². The van der Waals surface area contributed by atoms with Crippen LogP contribution in [0.4, 0.5) is 0 Å². The lowest BCUT2D eigenvalue weighted by Crippen LogP contribution is -2.56. The van der Waals surface area contributed by atoms with Crippen LogP contribution in [0.25, 0.3) is 0 Å². The zero-order chi connectivity index (χ0) is 16.2. The highest BCUT2D eigenvalue weighted by Crippen LogP contribution is 2.65. The number of ketones is 2. The van der Waals surface area contributed by atoms with Crippen molar-refractivity contribution in [2.24, 2.45) is 34.5 Å². The third-order valence-corrected chi connectivity index (χ3v) is 8.30. The van der Waals surface area contributed by atoms with Gasteiger partial charge in [0, 0.05) is 37.2 Å². The largest absolute Gasteiger partial charge is 0.384 e. The van der Waals surface area contributed by atoms with Gasteiger partial charge in [-0.15, -0.1) is 0 Å². The van der Waals surface area contributed by atoms with Gasteiger partial charge in [-0.3, -0.25) is 9.59 Å². The minimum absolute atomic E-state index is 0.0489. The Bertz CT molecular complexity index is 527. The molecule has 0 aromatic carbocycles. The molecule has 0 bridgehead atoms. The van der Waals surface area contributed by atoms with Gasteiger partial charge in [0.25, 0.3) is 0 Å². The topological polar surface area (TPSA) is 43.4 Å². The number of ether oxygens (including phenoxy) is 1. The van der Waals surface area contributed by atoms with Crippen molar-refractivity contribution in [2.75, 3.05) is 13.7 Å². The average Bonchev–Trinajstić information content (AvgIpc) is 2.84. The molecule has 4 rings (SSSR count). The summed E-state index contributed by atoms with van der Waals surface area (Å²) in [4.78, 5) is 24.5. The Labute approximate surface area is 139 Å². The molecule has 128 valence electrons. The molecule has 0 radical (unpaired) electrons. The van der Waals surface area contributed by atoms with Crippen molar-refractivity contribution in [1.29, 1.82) is 0 Å². The Morgan fingerprint density at radius 2 is 1.87 bits per heavy atom. The minimum atomic E-state index is -0.0489. The van der Waals surface area contributed by atoms with Crippen LogP contribution in [0.1, 0.15) is 64.7 Å². The van der Waals surface area contributed by atoms with Crippen molar-refractivity contribution >= 4 is 11.6 Å². The lowest BCUT2D eigenvalue weighted by molar-refractivity contribution is -0.157. The zero-order valence-electron chi connectivity index (χ0n) is 14.6. The molecule has 23 heavy (non-hydrogen) atoms. The monoisotopic (exact) mass is 318 g/mol. The first-order chi connectivity index (χ1) is 11.0. The lowest BCUT2D eigenvalue weighted by atomic mass is 9.45. The second-order valence-electron chi connectivity index (χ2n) is 8.98. The smallest absolute Gasteiger partial charge is 0.139 e. The van der Waals surface area contributed by atoms with Gasteiger partial charge in [-0.2, -0.15) is 0 Å². The van der Waals surface area contributed by atoms with Crippen molar-refractivity contribution in [3.8, 4) is 0 Å². The predicted octanol–water partition coefficient (Wildman–Crippen LogP) is 3.79. The van der Waals surface area contributed by atoms with E-state index < -0.39 is 0 Å². The summed E-state index contributed by atoms with van der Waals surface area (Å²) in [6.45, 7) is 3.05. The maximum absolute atomic E-state index is 12.5. The highest BCUT2D eigenvalue weighted by molar-refractivity contribution is 5.87. The lowest BCUT2D eigenvalue weighted by Gasteiger charge is -2.60. The normalized spacial score (nSPS) is 49.5. The maximum Gasteiger partial charge on any atom is 0.139 e. The van der Waals surface area contributed by atoms with E-state index in [4.69, 9.17) is 4.74 Å². The van der Waals surface area contributed by atoms with Gasteiger partial charge in [-0.05, 0) is 62.2 Å². The van der Waals surface area contributed by atoms with Crippen LogP contribution in [0.3, 0.4) is 0 Å². The average molecular weight is 318 g/mol. The van der Waals surface area contributed by atoms with Gasteiger partial charge < -0.3 is 4.74 Å². The Morgan fingerprint density at radius 3 is 2.65 bits per heavy atom. The van der Waals surface area contributed by atoms with Crippen LogP contribution in [0.15, 0.2) is 0 Å². The minimum Gasteiger partial charge on any atom is -0.384 e. The molecule has 4 aliphatic carbocycles. The summed E-state index contributed by atoms with van der Waals surface area (Å²) in [7, 11) is 1.82. The number of carbonyl (C=O) groups is 2. The standard InChI is InChI=1S/C20H30O3/c1-19-9-8-17-15(16(19)5-6-18(19)22)4-3-13-11-14(21)7-10-20(13,17)12-23-2/h13,15-17H,3-12H2,1-2H3/t13-,15+,16+,17+,19+,20?/m1/s1. The van der Waals surface area contributed by atoms with E-state index >= 15 is 0 Å². The fourth-order valence-corrected chi connectivity index (χ4v) is 7.17. The molecule has 6 atom stereocenters. The summed E-state index contributed by atoms with van der Waals surface area (Å²) < 4.78 is 5.71. The van der Waals surface area contributed by atoms with Crippen LogP contribution < -0.4 is 0 Å². The summed E-state index contributed by atoms with van der Waals surface area (Å²) in [5.41, 5.74) is 0.158. The van der Waals surface area contributed by atoms with E-state index in [0.717, 1.165) is 58.0 Å². The van der Waals surface area contributed by atoms with E-state index in [0.29, 0.717) is 35.2 Å². The first-order valence-electron chi connectivity index (χ1n) is 9.55. The van der Waals surface area contributed by atoms with Crippen LogP contribution in [0.5, 0.6) is 0 Å². The second kappa shape index (κ2) is 5.40. The van der Waals surface area contributed by atoms with E-state index in [2.05, 4.69) is 6.92 Å². The number of carbonyl (C=O) groups excluding carboxylic acids is 2. The first kappa shape index (κ1) is 15.8. The Balaban J connectivity index is 1.68. The quantitative estimate of drug-likeness (QED) is 0.778. The Hall–Kier alpha value is -0.700. The van der Waals surface area contributed by atoms with Gasteiger partial charge in [0.05, 0.1) is 6.61 Å². The van der Waals surface area contributed by atoms with Crippen molar-refractivity contribution in [2.45, 2.75) is 64.7 Å². The second-order valence-corrected chi connectivity index (χ2v) is 8.98. The number of rotatable bonds is 2. The predicted molar refractivity (Wildman–Crippen MR) is 87.9 cm³/mol. The summed E-state index contributed by atoms with van der Waals surface area (Å²) in [6, 6.07) is 0. The van der Waals surface area contributed by atoms with Gasteiger partial charge in [0.2, 0.25) is 0 Å². The molecule has 1 unspecified atom stereocenters. The summed E-state index contributed by atoms with van der Waals surface area (Å²) in [5.74, 6) is 3.42. The summed E-state index contributed by atoms with van der Waals surface area (Å²) >= 11 is 0. The van der Waals surface area contributed by atoms with Crippen LogP contribution in [-0.4, -0.2) is 25.3 Å². The number of methoxy groups -OCH3 is 1. The molecule has 3 nitrogen and oxygen atoms in total. The number of hydrogen-bond donors (Lipinski definition) is 0. The molecule has 0 aliphatic heterocycles. The van der Waals surface area contributed by atoms with Crippen molar-refractivity contribution < 1.29 is 14.3 Å². The van der Waals surface area contributed by atoms with E-state index in [1.54, 1.807) is 0 Å². The molecular formula is C20H30O3. The molecule has 0 spiro atoms. The van der Waals surface area contributed by atoms with Crippen LogP contribution in [0.2, 0.25) is 0 Å². The maximum atomic E-state index is 12.5. The van der Waals surface area contributed by atoms with Crippen LogP contribution in [0, 0.1) is 34.5 Å². The fraction of sp³-hybridized carbons (Fsp3) is 0.900. The molecule has 4 fully saturated rings. The van der Waals surface area contributed by atoms with Crippen molar-refractivity contribution in [1.82, 2.24) is 0 Å². The molecule has 4 saturated carbocycles. The molecule has 3 heteroatoms. The molecule has 0 aromatic rings. The highest BCUT2D eigenvalue weighted by Gasteiger charge is 2.61. The highest BCUT2D eigenvalue weighted by atomic mass is 16.5. The van der Waals surface area contributed by atoms with Crippen LogP contribution in [-0.2, 0) is 14.3 Å². The van der Waals surface area contributed by atoms with Crippen LogP contribution >= 0.6 is 0 Å². The van der Waals surface area contributed by atoms with Crippen molar-refractivity contribution in [3.05, 3.63) is 0 Å². The summed E-state index contributed by atoms with van der Waals surface area (Å²) in [5, 5.41) is 0. The van der Waals surface area contributed by atoms with E-state index in [1.807, 2.05) is 7.11 Å². The number of Topliss-reactive ketones (excluding diaryl/α,β-unsaturated/α-hetero) is 2. The number of fused-ring (bicyclic) bond motifs is 5. The molecule has 0 amide bonds. The van der Waals surface area contributed by atoms with Gasteiger partial charge in [-0.1, -0.05) is 6.92 Å². The van der Waals surface area contributed by atoms with Gasteiger partial charge in [-0.25, -0.2) is 0 Å². The molecular weight excluding hydrogens is 288 g/mol. The Morgan fingerprint density at radius 1 is 1.04 bits per heavy atom. The molecule has 0 N–H and O–H groups in total. The van der Waals surface area contributed by atoms with E-state index in [-0.39, 0.29) is 10.8 Å². The third kappa shape index (κ3) is 2.11. The van der Waals surface area contributed by atoms with Gasteiger partial charge in [0.1, 0.15) is 11.6 Å². The fourth-order valence-electron chi connectivity index (χ4n) is 7.17. The molecule has 4 aliphatic rings.